The Bertz CT molecular complexity index is 864. The van der Waals surface area contributed by atoms with Gasteiger partial charge in [-0.2, -0.15) is 0 Å². The van der Waals surface area contributed by atoms with Crippen LogP contribution in [0.2, 0.25) is 10.0 Å². The quantitative estimate of drug-likeness (QED) is 0.418. The summed E-state index contributed by atoms with van der Waals surface area (Å²) in [4.78, 5) is 8.01. The van der Waals surface area contributed by atoms with E-state index in [1.165, 1.54) is 12.1 Å². The fraction of sp³-hybridized carbons (Fsp3) is 0. The molecular weight excluding hydrogens is 386 g/mol. The minimum Gasteiger partial charge on any atom is -0.506 e. The van der Waals surface area contributed by atoms with Gasteiger partial charge >= 0.3 is 0 Å². The van der Waals surface area contributed by atoms with E-state index >= 15 is 0 Å². The summed E-state index contributed by atoms with van der Waals surface area (Å²) in [5.41, 5.74) is 1.09. The summed E-state index contributed by atoms with van der Waals surface area (Å²) in [5, 5.41) is 21.5. The van der Waals surface area contributed by atoms with Crippen LogP contribution in [-0.4, -0.2) is 71.6 Å². The van der Waals surface area contributed by atoms with Gasteiger partial charge < -0.3 is 10.2 Å². The predicted octanol–water partition coefficient (Wildman–Crippen LogP) is 4.81. The molecule has 0 aliphatic rings. The van der Waals surface area contributed by atoms with Gasteiger partial charge in [0.15, 0.2) is 0 Å². The van der Waals surface area contributed by atoms with E-state index in [4.69, 9.17) is 23.2 Å². The fourth-order valence-electron chi connectivity index (χ4n) is 2.25. The Hall–Kier alpha value is -0.924. The van der Waals surface area contributed by atoms with E-state index in [-0.39, 0.29) is 62.9 Å². The van der Waals surface area contributed by atoms with Crippen LogP contribution in [-0.2, 0) is 0 Å². The number of fused-ring (bicyclic) bond motifs is 2. The van der Waals surface area contributed by atoms with Crippen molar-refractivity contribution in [1.29, 1.82) is 0 Å². The SMILES string of the molecule is Oc1ccc(Cl)c2cccnc12.Oc1ccc(Cl)c2cccnc12.[K]. The molecule has 0 bridgehead atoms. The second-order valence-electron chi connectivity index (χ2n) is 4.93. The van der Waals surface area contributed by atoms with Crippen LogP contribution in [0.5, 0.6) is 11.5 Å². The molecule has 0 fully saturated rings. The smallest absolute Gasteiger partial charge is 0.141 e. The van der Waals surface area contributed by atoms with Crippen LogP contribution in [0.4, 0.5) is 0 Å². The van der Waals surface area contributed by atoms with Crippen molar-refractivity contribution in [2.45, 2.75) is 0 Å². The van der Waals surface area contributed by atoms with Gasteiger partial charge in [0, 0.05) is 74.6 Å². The minimum absolute atomic E-state index is 0. The first-order valence-corrected chi connectivity index (χ1v) is 7.78. The van der Waals surface area contributed by atoms with Crippen molar-refractivity contribution in [2.75, 3.05) is 0 Å². The number of benzene rings is 2. The van der Waals surface area contributed by atoms with E-state index < -0.39 is 0 Å². The number of aromatic nitrogens is 2. The standard InChI is InChI=1S/2C9H6ClNO.K/c2*10-7-3-4-8(12)9-6(7)2-1-5-11-9;/h2*1-5,12H;. The predicted molar refractivity (Wildman–Crippen MR) is 103 cm³/mol. The summed E-state index contributed by atoms with van der Waals surface area (Å²) >= 11 is 11.8. The largest absolute Gasteiger partial charge is 0.506 e. The van der Waals surface area contributed by atoms with Gasteiger partial charge in [0.2, 0.25) is 0 Å². The number of aromatic hydroxyl groups is 2. The van der Waals surface area contributed by atoms with Crippen LogP contribution in [0.25, 0.3) is 21.8 Å². The van der Waals surface area contributed by atoms with Gasteiger partial charge in [-0.15, -0.1) is 0 Å². The Balaban J connectivity index is 0.000000173. The zero-order valence-electron chi connectivity index (χ0n) is 13.3. The molecule has 0 unspecified atom stereocenters. The third-order valence-corrected chi connectivity index (χ3v) is 4.05. The Kier molecular flexibility index (Phi) is 7.46. The molecule has 4 nitrogen and oxygen atoms in total. The van der Waals surface area contributed by atoms with Gasteiger partial charge in [0.25, 0.3) is 0 Å². The topological polar surface area (TPSA) is 66.2 Å². The van der Waals surface area contributed by atoms with Crippen LogP contribution in [0, 0.1) is 0 Å². The summed E-state index contributed by atoms with van der Waals surface area (Å²) in [5.74, 6) is 0.324. The van der Waals surface area contributed by atoms with Gasteiger partial charge in [-0.25, -0.2) is 0 Å². The van der Waals surface area contributed by atoms with Crippen LogP contribution >= 0.6 is 23.2 Å². The zero-order chi connectivity index (χ0) is 17.1. The maximum absolute atomic E-state index is 9.37. The maximum atomic E-state index is 9.37. The van der Waals surface area contributed by atoms with Crippen molar-refractivity contribution in [3.8, 4) is 11.5 Å². The first-order chi connectivity index (χ1) is 11.6. The third-order valence-electron chi connectivity index (χ3n) is 3.39. The van der Waals surface area contributed by atoms with E-state index in [0.717, 1.165) is 10.8 Å². The Morgan fingerprint density at radius 1 is 0.640 bits per heavy atom. The summed E-state index contributed by atoms with van der Waals surface area (Å²) < 4.78 is 0. The van der Waals surface area contributed by atoms with Crippen LogP contribution < -0.4 is 0 Å². The van der Waals surface area contributed by atoms with E-state index in [0.29, 0.717) is 21.1 Å². The molecule has 4 aromatic rings. The van der Waals surface area contributed by atoms with E-state index in [1.54, 1.807) is 36.7 Å². The van der Waals surface area contributed by atoms with Crippen molar-refractivity contribution in [1.82, 2.24) is 9.97 Å². The van der Waals surface area contributed by atoms with Gasteiger partial charge in [0.1, 0.15) is 22.5 Å². The summed E-state index contributed by atoms with van der Waals surface area (Å²) in [6.45, 7) is 0. The molecule has 0 spiro atoms. The molecule has 0 atom stereocenters. The fourth-order valence-corrected chi connectivity index (χ4v) is 2.68. The van der Waals surface area contributed by atoms with Crippen molar-refractivity contribution in [3.05, 3.63) is 71.0 Å². The molecule has 2 N–H and O–H groups in total. The zero-order valence-corrected chi connectivity index (χ0v) is 18.0. The number of rotatable bonds is 0. The van der Waals surface area contributed by atoms with Gasteiger partial charge in [0.05, 0.1) is 10.0 Å². The Labute approximate surface area is 196 Å². The first kappa shape index (κ1) is 20.4. The molecule has 0 saturated heterocycles. The molecule has 4 rings (SSSR count). The van der Waals surface area contributed by atoms with Crippen LogP contribution in [0.15, 0.2) is 60.9 Å². The number of hydrogen-bond donors (Lipinski definition) is 2. The summed E-state index contributed by atoms with van der Waals surface area (Å²) in [7, 11) is 0. The second-order valence-corrected chi connectivity index (χ2v) is 5.75. The molecule has 2 aromatic carbocycles. The van der Waals surface area contributed by atoms with Gasteiger partial charge in [-0.1, -0.05) is 23.2 Å². The van der Waals surface area contributed by atoms with Crippen molar-refractivity contribution in [2.24, 2.45) is 0 Å². The molecular formula is C18H12Cl2KN2O2. The normalized spacial score (nSPS) is 10.0. The van der Waals surface area contributed by atoms with E-state index in [1.807, 2.05) is 12.1 Å². The molecule has 7 heteroatoms. The number of pyridine rings is 2. The summed E-state index contributed by atoms with van der Waals surface area (Å²) in [6.07, 6.45) is 3.25. The van der Waals surface area contributed by atoms with Crippen molar-refractivity contribution in [3.63, 3.8) is 0 Å². The monoisotopic (exact) mass is 397 g/mol. The molecule has 25 heavy (non-hydrogen) atoms. The molecule has 0 aliphatic heterocycles. The third kappa shape index (κ3) is 4.63. The Morgan fingerprint density at radius 2 is 1.04 bits per heavy atom. The number of hydrogen-bond acceptors (Lipinski definition) is 4. The average molecular weight is 398 g/mol. The second kappa shape index (κ2) is 9.14. The summed E-state index contributed by atoms with van der Waals surface area (Å²) in [6, 6.07) is 13.6. The first-order valence-electron chi connectivity index (χ1n) is 7.02. The minimum atomic E-state index is 0. The average Bonchev–Trinajstić information content (AvgIpc) is 2.63. The molecule has 2 aromatic heterocycles. The van der Waals surface area contributed by atoms with Gasteiger partial charge in [-0.3, -0.25) is 9.97 Å². The molecule has 0 aliphatic carbocycles. The maximum Gasteiger partial charge on any atom is 0.141 e. The Morgan fingerprint density at radius 3 is 1.40 bits per heavy atom. The molecule has 121 valence electrons. The molecule has 2 heterocycles. The number of halogens is 2. The van der Waals surface area contributed by atoms with E-state index in [2.05, 4.69) is 9.97 Å². The molecule has 0 saturated carbocycles. The number of phenolic OH excluding ortho intramolecular Hbond substituents is 2. The van der Waals surface area contributed by atoms with Crippen molar-refractivity contribution < 1.29 is 10.2 Å². The van der Waals surface area contributed by atoms with Crippen molar-refractivity contribution >= 4 is 96.4 Å². The van der Waals surface area contributed by atoms with E-state index in [9.17, 15) is 10.2 Å². The molecule has 1 radical (unpaired) electrons. The van der Waals surface area contributed by atoms with Crippen LogP contribution in [0.1, 0.15) is 0 Å². The number of phenols is 2. The van der Waals surface area contributed by atoms with Gasteiger partial charge in [-0.05, 0) is 48.5 Å². The van der Waals surface area contributed by atoms with Crippen LogP contribution in [0.3, 0.4) is 0 Å². The number of nitrogens with zero attached hydrogens (tertiary/aromatic N) is 2. The molecule has 0 amide bonds.